The Bertz CT molecular complexity index is 1070. The zero-order chi connectivity index (χ0) is 39.3. The van der Waals surface area contributed by atoms with E-state index in [0.717, 1.165) is 222 Å². The number of nitrogens with zero attached hydrogens (tertiary/aromatic N) is 3. The monoisotopic (exact) mass is 800 g/mol. The van der Waals surface area contributed by atoms with E-state index >= 15 is 0 Å². The first kappa shape index (κ1) is 46.7. The molecule has 2 atom stereocenters. The van der Waals surface area contributed by atoms with Crippen molar-refractivity contribution in [2.75, 3.05) is 183 Å². The van der Waals surface area contributed by atoms with Crippen LogP contribution in [-0.4, -0.2) is 210 Å². The van der Waals surface area contributed by atoms with Crippen molar-refractivity contribution >= 4 is 0 Å². The summed E-state index contributed by atoms with van der Waals surface area (Å²) in [6.07, 6.45) is 3.35. The molecule has 6 aliphatic rings. The van der Waals surface area contributed by atoms with E-state index in [2.05, 4.69) is 96.7 Å². The maximum absolute atomic E-state index is 4.14. The standard InChI is InChI=1S/C42H85N15/c1-4-43-13-22-55-23-14-44-5-2-7-51-35-39-31-38(34-50-6-1)32-40(33-39)36-54-41(3-8-45-15-24-55)42-37-52-20-29-56-25-16-46-9-11-48-18-27-57(30-21-53-42)28-19-49-12-10-47-17-26-56/h31-33,41-54H,1-30,34-37H2. The lowest BCUT2D eigenvalue weighted by Crippen LogP contribution is -2.55. The fourth-order valence-electron chi connectivity index (χ4n) is 8.39. The molecule has 15 heteroatoms. The number of hydrogen-bond acceptors (Lipinski definition) is 15. The van der Waals surface area contributed by atoms with E-state index < -0.39 is 0 Å². The van der Waals surface area contributed by atoms with Gasteiger partial charge in [0.1, 0.15) is 0 Å². The second-order valence-electron chi connectivity index (χ2n) is 16.5. The van der Waals surface area contributed by atoms with E-state index in [1.807, 2.05) is 0 Å². The minimum absolute atomic E-state index is 0.301. The van der Waals surface area contributed by atoms with Gasteiger partial charge in [-0.15, -0.1) is 0 Å². The molecule has 0 aliphatic carbocycles. The predicted molar refractivity (Wildman–Crippen MR) is 238 cm³/mol. The maximum atomic E-state index is 4.14. The van der Waals surface area contributed by atoms with Crippen LogP contribution in [0.15, 0.2) is 18.2 Å². The highest BCUT2D eigenvalue weighted by Crippen LogP contribution is 2.13. The van der Waals surface area contributed by atoms with Crippen molar-refractivity contribution in [3.63, 3.8) is 0 Å². The molecule has 0 radical (unpaired) electrons. The first-order valence-corrected chi connectivity index (χ1v) is 23.1. The molecule has 0 aromatic heterocycles. The van der Waals surface area contributed by atoms with Gasteiger partial charge in [-0.25, -0.2) is 0 Å². The molecule has 1 aromatic carbocycles. The summed E-state index contributed by atoms with van der Waals surface area (Å²) in [5.74, 6) is 0. The molecule has 6 bridgehead atoms. The summed E-state index contributed by atoms with van der Waals surface area (Å²) < 4.78 is 0. The van der Waals surface area contributed by atoms with Gasteiger partial charge in [0.25, 0.3) is 0 Å². The van der Waals surface area contributed by atoms with Crippen LogP contribution in [0.5, 0.6) is 0 Å². The van der Waals surface area contributed by atoms with Gasteiger partial charge >= 0.3 is 0 Å². The molecule has 57 heavy (non-hydrogen) atoms. The molecular weight excluding hydrogens is 715 g/mol. The molecule has 12 N–H and O–H groups in total. The van der Waals surface area contributed by atoms with Crippen molar-refractivity contribution in [3.05, 3.63) is 34.9 Å². The Kier molecular flexibility index (Phi) is 25.1. The zero-order valence-electron chi connectivity index (χ0n) is 35.8. The summed E-state index contributed by atoms with van der Waals surface area (Å²) in [5, 5.41) is 45.8. The minimum atomic E-state index is 0.301. The Morgan fingerprint density at radius 1 is 0.316 bits per heavy atom. The summed E-state index contributed by atoms with van der Waals surface area (Å²) in [4.78, 5) is 7.89. The Labute approximate surface area is 346 Å². The maximum Gasteiger partial charge on any atom is 0.0347 e. The summed E-state index contributed by atoms with van der Waals surface area (Å²) in [7, 11) is 0. The number of rotatable bonds is 1. The molecule has 6 heterocycles. The summed E-state index contributed by atoms with van der Waals surface area (Å²) >= 11 is 0. The van der Waals surface area contributed by atoms with Gasteiger partial charge in [-0.1, -0.05) is 18.2 Å². The largest absolute Gasteiger partial charge is 0.315 e. The van der Waals surface area contributed by atoms with E-state index in [4.69, 9.17) is 0 Å². The summed E-state index contributed by atoms with van der Waals surface area (Å²) in [6.45, 7) is 31.6. The quantitative estimate of drug-likeness (QED) is 0.141. The lowest BCUT2D eigenvalue weighted by Gasteiger charge is -2.32. The highest BCUT2D eigenvalue weighted by Gasteiger charge is 2.22. The van der Waals surface area contributed by atoms with Crippen LogP contribution in [0.3, 0.4) is 0 Å². The molecule has 3 fully saturated rings. The average molecular weight is 800 g/mol. The number of nitrogens with one attached hydrogen (secondary N) is 12. The van der Waals surface area contributed by atoms with Crippen LogP contribution in [0.2, 0.25) is 0 Å². The van der Waals surface area contributed by atoms with E-state index in [0.29, 0.717) is 12.1 Å². The van der Waals surface area contributed by atoms with Crippen LogP contribution in [0.1, 0.15) is 36.0 Å². The van der Waals surface area contributed by atoms with Crippen LogP contribution < -0.4 is 63.8 Å². The normalized spacial score (nSPS) is 30.2. The van der Waals surface area contributed by atoms with Gasteiger partial charge in [0, 0.05) is 182 Å². The van der Waals surface area contributed by atoms with E-state index in [1.165, 1.54) is 16.7 Å². The SMILES string of the molecule is c1c2cc3cc1CNCCCNCCN(CCNCCCNC2)CCNCCC(C1CNCCN2CCNCCNCCN(CCNCCNCC2)CCN1)NC3. The molecule has 6 aliphatic heterocycles. The van der Waals surface area contributed by atoms with Crippen LogP contribution in [-0.2, 0) is 19.6 Å². The van der Waals surface area contributed by atoms with Crippen molar-refractivity contribution in [1.29, 1.82) is 0 Å². The van der Waals surface area contributed by atoms with Gasteiger partial charge in [0.15, 0.2) is 0 Å². The topological polar surface area (TPSA) is 154 Å². The molecule has 3 saturated heterocycles. The highest BCUT2D eigenvalue weighted by molar-refractivity contribution is 5.30. The fraction of sp³-hybridized carbons (Fsp3) is 0.857. The van der Waals surface area contributed by atoms with Gasteiger partial charge in [0.2, 0.25) is 0 Å². The zero-order valence-corrected chi connectivity index (χ0v) is 35.8. The van der Waals surface area contributed by atoms with E-state index in [1.54, 1.807) is 0 Å². The lowest BCUT2D eigenvalue weighted by atomic mass is 10.0. The van der Waals surface area contributed by atoms with Gasteiger partial charge < -0.3 is 63.8 Å². The average Bonchev–Trinajstić information content (AvgIpc) is 3.21. The first-order chi connectivity index (χ1) is 28.3. The molecule has 0 spiro atoms. The number of benzene rings is 1. The van der Waals surface area contributed by atoms with Gasteiger partial charge in [-0.2, -0.15) is 0 Å². The van der Waals surface area contributed by atoms with Crippen LogP contribution in [0.25, 0.3) is 0 Å². The molecule has 328 valence electrons. The molecule has 15 nitrogen and oxygen atoms in total. The number of fused-ring (bicyclic) bond motifs is 43. The molecular formula is C42H85N15. The first-order valence-electron chi connectivity index (χ1n) is 23.1. The predicted octanol–water partition coefficient (Wildman–Crippen LogP) is -2.87. The Morgan fingerprint density at radius 3 is 1.16 bits per heavy atom. The second kappa shape index (κ2) is 30.6. The van der Waals surface area contributed by atoms with E-state index in [9.17, 15) is 0 Å². The van der Waals surface area contributed by atoms with Crippen molar-refractivity contribution in [3.8, 4) is 0 Å². The third kappa shape index (κ3) is 21.1. The van der Waals surface area contributed by atoms with Gasteiger partial charge in [-0.3, -0.25) is 14.7 Å². The van der Waals surface area contributed by atoms with Gasteiger partial charge in [-0.05, 0) is 68.7 Å². The smallest absolute Gasteiger partial charge is 0.0347 e. The Hall–Kier alpha value is -1.38. The third-order valence-corrected chi connectivity index (χ3v) is 11.9. The van der Waals surface area contributed by atoms with Crippen LogP contribution in [0.4, 0.5) is 0 Å². The number of hydrogen-bond donors (Lipinski definition) is 12. The summed E-state index contributed by atoms with van der Waals surface area (Å²) in [6, 6.07) is 7.89. The van der Waals surface area contributed by atoms with Crippen LogP contribution >= 0.6 is 0 Å². The van der Waals surface area contributed by atoms with Crippen molar-refractivity contribution < 1.29 is 0 Å². The molecule has 2 unspecified atom stereocenters. The Balaban J connectivity index is 1.34. The lowest BCUT2D eigenvalue weighted by molar-refractivity contribution is 0.245. The van der Waals surface area contributed by atoms with E-state index in [-0.39, 0.29) is 0 Å². The highest BCUT2D eigenvalue weighted by atomic mass is 15.2. The van der Waals surface area contributed by atoms with Crippen molar-refractivity contribution in [2.24, 2.45) is 0 Å². The second-order valence-corrected chi connectivity index (χ2v) is 16.5. The van der Waals surface area contributed by atoms with Gasteiger partial charge in [0.05, 0.1) is 0 Å². The third-order valence-electron chi connectivity index (χ3n) is 11.9. The molecule has 0 saturated carbocycles. The minimum Gasteiger partial charge on any atom is -0.315 e. The molecule has 0 amide bonds. The molecule has 1 aromatic rings. The van der Waals surface area contributed by atoms with Crippen LogP contribution in [0, 0.1) is 0 Å². The van der Waals surface area contributed by atoms with Crippen molar-refractivity contribution in [1.82, 2.24) is 78.5 Å². The molecule has 7 rings (SSSR count). The summed E-state index contributed by atoms with van der Waals surface area (Å²) in [5.41, 5.74) is 4.15. The van der Waals surface area contributed by atoms with Crippen molar-refractivity contribution in [2.45, 2.75) is 51.0 Å². The Morgan fingerprint density at radius 2 is 0.684 bits per heavy atom. The fourth-order valence-corrected chi connectivity index (χ4v) is 8.39.